The summed E-state index contributed by atoms with van der Waals surface area (Å²) in [6, 6.07) is 27.5. The molecule has 0 saturated heterocycles. The van der Waals surface area contributed by atoms with Crippen LogP contribution in [0, 0.1) is 11.8 Å². The third-order valence-corrected chi connectivity index (χ3v) is 6.29. The molecule has 0 amide bonds. The van der Waals surface area contributed by atoms with Gasteiger partial charge in [-0.15, -0.1) is 29.5 Å². The van der Waals surface area contributed by atoms with Crippen LogP contribution in [0.3, 0.4) is 0 Å². The summed E-state index contributed by atoms with van der Waals surface area (Å²) >= 11 is 6.81. The summed E-state index contributed by atoms with van der Waals surface area (Å²) in [6.45, 7) is 0. The third-order valence-electron chi connectivity index (χ3n) is 5.89. The van der Waals surface area contributed by atoms with Crippen molar-refractivity contribution < 1.29 is 0 Å². The molecule has 140 valence electrons. The van der Waals surface area contributed by atoms with E-state index in [4.69, 9.17) is 11.6 Å². The summed E-state index contributed by atoms with van der Waals surface area (Å²) in [5, 5.41) is 5.57. The van der Waals surface area contributed by atoms with Gasteiger partial charge in [0.1, 0.15) is 5.56 Å². The van der Waals surface area contributed by atoms with Crippen molar-refractivity contribution in [1.29, 1.82) is 0 Å². The molecule has 2 aliphatic carbocycles. The Hall–Kier alpha value is -3.57. The molecule has 0 N–H and O–H groups in total. The van der Waals surface area contributed by atoms with Crippen LogP contribution >= 0.6 is 11.6 Å². The van der Waals surface area contributed by atoms with Gasteiger partial charge in [-0.05, 0) is 17.0 Å². The molecule has 0 unspecified atom stereocenters. The number of hydrogen-bond donors (Lipinski definition) is 0. The topological polar surface area (TPSA) is 0 Å². The van der Waals surface area contributed by atoms with Crippen LogP contribution in [0.4, 0.5) is 0 Å². The lowest BCUT2D eigenvalue weighted by Crippen LogP contribution is -2.29. The number of rotatable bonds is 0. The summed E-state index contributed by atoms with van der Waals surface area (Å²) < 4.78 is 0. The van der Waals surface area contributed by atoms with Crippen LogP contribution in [-0.4, -0.2) is 0 Å². The third kappa shape index (κ3) is 2.56. The molecular weight excluding hydrogens is 384 g/mol. The lowest BCUT2D eigenvalue weighted by Gasteiger charge is -2.32. The first-order chi connectivity index (χ1) is 14.8. The Morgan fingerprint density at radius 2 is 1.47 bits per heavy atom. The van der Waals surface area contributed by atoms with Gasteiger partial charge in [-0.1, -0.05) is 76.9 Å². The molecule has 0 saturated carbocycles. The summed E-state index contributed by atoms with van der Waals surface area (Å²) in [5.41, 5.74) is 10.5. The van der Waals surface area contributed by atoms with E-state index in [1.165, 1.54) is 21.6 Å². The maximum Gasteiger partial charge on any atom is 0.105 e. The Labute approximate surface area is 180 Å². The normalized spacial score (nSPS) is 13.6. The molecule has 2 aliphatic rings. The number of fused-ring (bicyclic) bond motifs is 4. The second-order valence-electron chi connectivity index (χ2n) is 7.60. The van der Waals surface area contributed by atoms with Crippen LogP contribution in [0.1, 0.15) is 27.8 Å². The highest BCUT2D eigenvalue weighted by atomic mass is 35.5. The van der Waals surface area contributed by atoms with E-state index in [1.807, 2.05) is 12.1 Å². The highest BCUT2D eigenvalue weighted by molar-refractivity contribution is 6.33. The second-order valence-corrected chi connectivity index (χ2v) is 7.98. The predicted molar refractivity (Wildman–Crippen MR) is 126 cm³/mol. The zero-order chi connectivity index (χ0) is 20.1. The lowest BCUT2D eigenvalue weighted by molar-refractivity contribution is 1.29. The highest BCUT2D eigenvalue weighted by Gasteiger charge is 2.20. The zero-order valence-electron chi connectivity index (χ0n) is 16.2. The Balaban J connectivity index is 1.87. The summed E-state index contributed by atoms with van der Waals surface area (Å²) in [7, 11) is 0. The summed E-state index contributed by atoms with van der Waals surface area (Å²) in [4.78, 5) is 0. The molecule has 4 aromatic carbocycles. The largest absolute Gasteiger partial charge is 0.134 e. The molecule has 0 bridgehead atoms. The second kappa shape index (κ2) is 6.75. The van der Waals surface area contributed by atoms with Gasteiger partial charge in [0.25, 0.3) is 0 Å². The smallest absolute Gasteiger partial charge is 0.105 e. The number of benzene rings is 4. The van der Waals surface area contributed by atoms with E-state index in [0.717, 1.165) is 38.4 Å². The van der Waals surface area contributed by atoms with E-state index in [9.17, 15) is 0 Å². The molecule has 0 radical (unpaired) electrons. The Bertz CT molecular complexity index is 1460. The van der Waals surface area contributed by atoms with Crippen LogP contribution in [0.2, 0.25) is 0 Å². The molecule has 0 aromatic heterocycles. The molecule has 0 atom stereocenters. The van der Waals surface area contributed by atoms with Gasteiger partial charge in [-0.25, -0.2) is 0 Å². The fourth-order valence-electron chi connectivity index (χ4n) is 4.48. The zero-order valence-corrected chi connectivity index (χ0v) is 16.9. The van der Waals surface area contributed by atoms with Crippen molar-refractivity contribution in [3.63, 3.8) is 0 Å². The molecule has 0 nitrogen and oxygen atoms in total. The van der Waals surface area contributed by atoms with Gasteiger partial charge in [0, 0.05) is 41.5 Å². The van der Waals surface area contributed by atoms with Gasteiger partial charge < -0.3 is 0 Å². The molecule has 6 rings (SSSR count). The average molecular weight is 401 g/mol. The molecule has 30 heavy (non-hydrogen) atoms. The van der Waals surface area contributed by atoms with Crippen LogP contribution in [0.25, 0.3) is 28.2 Å². The fourth-order valence-corrected chi connectivity index (χ4v) is 4.81. The fraction of sp³-hybridized carbons (Fsp3) is 0. The highest BCUT2D eigenvalue weighted by Crippen LogP contribution is 2.43. The van der Waals surface area contributed by atoms with Crippen molar-refractivity contribution in [1.82, 2.24) is 0 Å². The Morgan fingerprint density at radius 3 is 2.23 bits per heavy atom. The van der Waals surface area contributed by atoms with E-state index >= 15 is 0 Å². The monoisotopic (exact) mass is 400 g/mol. The van der Waals surface area contributed by atoms with Gasteiger partial charge >= 0.3 is 0 Å². The first kappa shape index (κ1) is 17.3. The van der Waals surface area contributed by atoms with Gasteiger partial charge in [-0.3, -0.25) is 0 Å². The van der Waals surface area contributed by atoms with E-state index in [0.29, 0.717) is 0 Å². The van der Waals surface area contributed by atoms with Crippen molar-refractivity contribution in [3.8, 4) is 0 Å². The standard InChI is InChI=1S/C29H17Cl/c30-29-25-15-7-5-13-23(25)28(24-14-6-8-16-26(24)29)18-27-21-11-3-1-9-19(21)17-20-10-2-4-12-22(20)27/h1-17H. The van der Waals surface area contributed by atoms with Crippen molar-refractivity contribution in [2.24, 2.45) is 0 Å². The maximum absolute atomic E-state index is 6.81. The minimum atomic E-state index is 0.800. The quantitative estimate of drug-likeness (QED) is 0.330. The van der Waals surface area contributed by atoms with Crippen molar-refractivity contribution in [2.75, 3.05) is 0 Å². The molecular formula is C29H17Cl. The summed E-state index contributed by atoms with van der Waals surface area (Å²) in [6.07, 6.45) is 8.55. The molecule has 0 aliphatic heterocycles. The molecule has 1 heteroatoms. The van der Waals surface area contributed by atoms with Crippen molar-refractivity contribution in [2.45, 2.75) is 0 Å². The maximum atomic E-state index is 6.81. The Morgan fingerprint density at radius 1 is 0.800 bits per heavy atom. The summed E-state index contributed by atoms with van der Waals surface area (Å²) in [5.74, 6) is 0. The molecule has 4 aromatic rings. The van der Waals surface area contributed by atoms with Crippen LogP contribution in [0.15, 0.2) is 91.0 Å². The van der Waals surface area contributed by atoms with E-state index in [-0.39, 0.29) is 0 Å². The molecule has 0 heterocycles. The molecule has 0 fully saturated rings. The number of halogens is 1. The molecule has 0 spiro atoms. The first-order valence-corrected chi connectivity index (χ1v) is 10.5. The number of hydrogen-bond acceptors (Lipinski definition) is 0. The van der Waals surface area contributed by atoms with E-state index in [2.05, 4.69) is 97.1 Å². The number of allylic oxidation sites excluding steroid dienone is 2. The first-order valence-electron chi connectivity index (χ1n) is 10.1. The average Bonchev–Trinajstić information content (AvgIpc) is 2.81. The SMILES string of the molecule is Cl[C-]1c2ccccc2C(=C=c2c3c(cc4ccccc24)[CH+]C=CC=3)c2ccccc21. The van der Waals surface area contributed by atoms with Gasteiger partial charge in [0.05, 0.1) is 10.4 Å². The van der Waals surface area contributed by atoms with Gasteiger partial charge in [-0.2, -0.15) is 0 Å². The van der Waals surface area contributed by atoms with Crippen molar-refractivity contribution >= 4 is 39.8 Å². The minimum absolute atomic E-state index is 0.800. The minimum Gasteiger partial charge on any atom is -0.134 e. The lowest BCUT2D eigenvalue weighted by atomic mass is 9.82. The van der Waals surface area contributed by atoms with Crippen LogP contribution in [-0.2, 0) is 0 Å². The van der Waals surface area contributed by atoms with E-state index in [1.54, 1.807) is 0 Å². The van der Waals surface area contributed by atoms with Crippen LogP contribution in [0.5, 0.6) is 0 Å². The van der Waals surface area contributed by atoms with E-state index < -0.39 is 0 Å². The van der Waals surface area contributed by atoms with Crippen molar-refractivity contribution in [3.05, 3.63) is 141 Å². The van der Waals surface area contributed by atoms with Gasteiger partial charge in [0.15, 0.2) is 0 Å². The Kier molecular flexibility index (Phi) is 3.89. The van der Waals surface area contributed by atoms with Gasteiger partial charge in [0.2, 0.25) is 0 Å². The van der Waals surface area contributed by atoms with Crippen LogP contribution < -0.4 is 10.4 Å². The predicted octanol–water partition coefficient (Wildman–Crippen LogP) is 5.73.